The normalized spacial score (nSPS) is 11.0. The number of aryl methyl sites for hydroxylation is 3. The van der Waals surface area contributed by atoms with Crippen LogP contribution in [0.5, 0.6) is 11.5 Å². The summed E-state index contributed by atoms with van der Waals surface area (Å²) in [5.74, 6) is -0.679. The number of hydrazone groups is 1. The van der Waals surface area contributed by atoms with Gasteiger partial charge in [-0.3, -0.25) is 14.9 Å². The van der Waals surface area contributed by atoms with Crippen LogP contribution in [0.2, 0.25) is 0 Å². The molecule has 11 nitrogen and oxygen atoms in total. The summed E-state index contributed by atoms with van der Waals surface area (Å²) in [7, 11) is 0. The van der Waals surface area contributed by atoms with Gasteiger partial charge in [0.15, 0.2) is 5.76 Å². The van der Waals surface area contributed by atoms with Gasteiger partial charge in [-0.25, -0.2) is 10.2 Å². The number of furan rings is 1. The van der Waals surface area contributed by atoms with Gasteiger partial charge >= 0.3 is 17.6 Å². The van der Waals surface area contributed by atoms with Gasteiger partial charge in [0.1, 0.15) is 18.1 Å². The van der Waals surface area contributed by atoms with Gasteiger partial charge in [-0.2, -0.15) is 5.10 Å². The molecule has 0 aliphatic carbocycles. The van der Waals surface area contributed by atoms with Gasteiger partial charge in [-0.1, -0.05) is 23.8 Å². The van der Waals surface area contributed by atoms with Crippen LogP contribution in [0.3, 0.4) is 0 Å². The molecule has 44 heavy (non-hydrogen) atoms. The summed E-state index contributed by atoms with van der Waals surface area (Å²) in [4.78, 5) is 36.3. The average Bonchev–Trinajstić information content (AvgIpc) is 3.62. The molecule has 0 saturated carbocycles. The van der Waals surface area contributed by atoms with E-state index in [9.17, 15) is 19.7 Å². The first-order valence-corrected chi connectivity index (χ1v) is 13.6. The molecule has 0 radical (unpaired) electrons. The molecule has 0 atom stereocenters. The molecule has 2 heterocycles. The number of nitro groups is 1. The Bertz CT molecular complexity index is 1850. The minimum absolute atomic E-state index is 0.0141. The largest absolute Gasteiger partial charge is 0.486 e. The van der Waals surface area contributed by atoms with E-state index in [1.165, 1.54) is 24.3 Å². The highest BCUT2D eigenvalue weighted by Crippen LogP contribution is 2.31. The maximum atomic E-state index is 12.7. The fraction of sp³-hybridized carbons (Fsp3) is 0.121. The quantitative estimate of drug-likeness (QED) is 0.0645. The first-order chi connectivity index (χ1) is 21.2. The number of benzene rings is 3. The molecule has 11 heteroatoms. The lowest BCUT2D eigenvalue weighted by atomic mass is 10.1. The van der Waals surface area contributed by atoms with Crippen molar-refractivity contribution in [2.24, 2.45) is 5.10 Å². The van der Waals surface area contributed by atoms with Crippen LogP contribution >= 0.6 is 0 Å². The number of hydrogen-bond acceptors (Lipinski definition) is 8. The second-order valence-electron chi connectivity index (χ2n) is 9.91. The SMILES string of the molecule is Cc1cccc(C(=O)Oc2c(/C=N/NC(=O)c3ccc(COc4ccc(-n5c(C)ccc5C)cc4)o3)cccc2[N+](=O)[O-])c1. The van der Waals surface area contributed by atoms with Crippen molar-refractivity contribution in [2.75, 3.05) is 0 Å². The Labute approximate surface area is 252 Å². The summed E-state index contributed by atoms with van der Waals surface area (Å²) in [6.45, 7) is 6.00. The second-order valence-corrected chi connectivity index (χ2v) is 9.91. The Hall–Kier alpha value is -5.97. The minimum Gasteiger partial charge on any atom is -0.486 e. The van der Waals surface area contributed by atoms with E-state index >= 15 is 0 Å². The van der Waals surface area contributed by atoms with E-state index in [0.29, 0.717) is 11.5 Å². The number of carbonyl (C=O) groups excluding carboxylic acids is 2. The van der Waals surface area contributed by atoms with Crippen molar-refractivity contribution in [3.05, 3.63) is 141 Å². The van der Waals surface area contributed by atoms with Crippen LogP contribution in [0, 0.1) is 30.9 Å². The zero-order valence-electron chi connectivity index (χ0n) is 24.1. The molecule has 5 aromatic rings. The molecule has 0 saturated heterocycles. The number of hydrogen-bond donors (Lipinski definition) is 1. The third-order valence-corrected chi connectivity index (χ3v) is 6.67. The Morgan fingerprint density at radius 2 is 1.68 bits per heavy atom. The van der Waals surface area contributed by atoms with Crippen LogP contribution < -0.4 is 14.9 Å². The lowest BCUT2D eigenvalue weighted by molar-refractivity contribution is -0.385. The van der Waals surface area contributed by atoms with E-state index < -0.39 is 22.5 Å². The van der Waals surface area contributed by atoms with E-state index in [1.807, 2.05) is 51.1 Å². The third-order valence-electron chi connectivity index (χ3n) is 6.67. The van der Waals surface area contributed by atoms with Crippen molar-refractivity contribution < 1.29 is 28.4 Å². The molecular formula is C33H28N4O7. The number of rotatable bonds is 10. The van der Waals surface area contributed by atoms with Crippen molar-refractivity contribution in [1.82, 2.24) is 9.99 Å². The van der Waals surface area contributed by atoms with Gasteiger partial charge in [0, 0.05) is 28.7 Å². The number of carbonyl (C=O) groups is 2. The average molecular weight is 593 g/mol. The fourth-order valence-corrected chi connectivity index (χ4v) is 4.54. The van der Waals surface area contributed by atoms with Crippen LogP contribution in [-0.4, -0.2) is 27.6 Å². The monoisotopic (exact) mass is 592 g/mol. The summed E-state index contributed by atoms with van der Waals surface area (Å²) >= 11 is 0. The van der Waals surface area contributed by atoms with Gasteiger partial charge in [-0.15, -0.1) is 0 Å². The number of nitro benzene ring substituents is 1. The molecule has 0 aliphatic heterocycles. The number of aromatic nitrogens is 1. The summed E-state index contributed by atoms with van der Waals surface area (Å²) in [6, 6.07) is 25.6. The first-order valence-electron chi connectivity index (χ1n) is 13.6. The highest BCUT2D eigenvalue weighted by Gasteiger charge is 2.22. The summed E-state index contributed by atoms with van der Waals surface area (Å²) < 4.78 is 19.0. The van der Waals surface area contributed by atoms with Crippen molar-refractivity contribution >= 4 is 23.8 Å². The van der Waals surface area contributed by atoms with Gasteiger partial charge in [0.05, 0.1) is 16.7 Å². The zero-order chi connectivity index (χ0) is 31.2. The standard InChI is InChI=1S/C33H28N4O7/c1-21-6-4-7-24(18-21)33(39)44-31-25(8-5-9-29(31)37(40)41)19-34-35-32(38)30-17-16-28(43-30)20-42-27-14-12-26(13-15-27)36-22(2)10-11-23(36)3/h4-19H,20H2,1-3H3,(H,35,38)/b34-19+. The molecular weight excluding hydrogens is 564 g/mol. The highest BCUT2D eigenvalue weighted by atomic mass is 16.6. The molecule has 0 spiro atoms. The summed E-state index contributed by atoms with van der Waals surface area (Å²) in [5.41, 5.74) is 6.35. The van der Waals surface area contributed by atoms with Crippen LogP contribution in [0.1, 0.15) is 49.2 Å². The lowest BCUT2D eigenvalue weighted by Crippen LogP contribution is -2.17. The lowest BCUT2D eigenvalue weighted by Gasteiger charge is -2.10. The van der Waals surface area contributed by atoms with E-state index in [4.69, 9.17) is 13.9 Å². The van der Waals surface area contributed by atoms with Crippen molar-refractivity contribution in [3.63, 3.8) is 0 Å². The van der Waals surface area contributed by atoms with Crippen LogP contribution in [0.25, 0.3) is 5.69 Å². The molecule has 5 rings (SSSR count). The maximum absolute atomic E-state index is 12.7. The minimum atomic E-state index is -0.769. The molecule has 222 valence electrons. The third kappa shape index (κ3) is 6.73. The molecule has 2 aromatic heterocycles. The molecule has 0 aliphatic rings. The predicted octanol–water partition coefficient (Wildman–Crippen LogP) is 6.47. The van der Waals surface area contributed by atoms with Gasteiger partial charge in [-0.05, 0) is 87.5 Å². The Balaban J connectivity index is 1.21. The zero-order valence-corrected chi connectivity index (χ0v) is 24.1. The van der Waals surface area contributed by atoms with Crippen LogP contribution in [-0.2, 0) is 6.61 Å². The fourth-order valence-electron chi connectivity index (χ4n) is 4.54. The number of esters is 1. The topological polar surface area (TPSA) is 138 Å². The summed E-state index contributed by atoms with van der Waals surface area (Å²) in [5, 5.41) is 15.5. The number of para-hydroxylation sites is 1. The second kappa shape index (κ2) is 12.9. The number of amides is 1. The van der Waals surface area contributed by atoms with Crippen molar-refractivity contribution in [1.29, 1.82) is 0 Å². The first kappa shape index (κ1) is 29.5. The van der Waals surface area contributed by atoms with E-state index in [0.717, 1.165) is 28.9 Å². The Kier molecular flexibility index (Phi) is 8.66. The Morgan fingerprint density at radius 1 is 0.955 bits per heavy atom. The van der Waals surface area contributed by atoms with Gasteiger partial charge < -0.3 is 18.5 Å². The smallest absolute Gasteiger partial charge is 0.343 e. The molecule has 1 amide bonds. The number of nitrogens with one attached hydrogen (secondary N) is 1. The van der Waals surface area contributed by atoms with Crippen LogP contribution in [0.15, 0.2) is 101 Å². The molecule has 0 unspecified atom stereocenters. The predicted molar refractivity (Wildman–Crippen MR) is 163 cm³/mol. The van der Waals surface area contributed by atoms with Gasteiger partial charge in [0.2, 0.25) is 5.75 Å². The van der Waals surface area contributed by atoms with Crippen molar-refractivity contribution in [3.8, 4) is 17.2 Å². The van der Waals surface area contributed by atoms with E-state index in [1.54, 1.807) is 24.3 Å². The highest BCUT2D eigenvalue weighted by molar-refractivity contribution is 5.95. The molecule has 3 aromatic carbocycles. The van der Waals surface area contributed by atoms with Gasteiger partial charge in [0.25, 0.3) is 0 Å². The Morgan fingerprint density at radius 3 is 2.39 bits per heavy atom. The van der Waals surface area contributed by atoms with Crippen molar-refractivity contribution in [2.45, 2.75) is 27.4 Å². The number of ether oxygens (including phenoxy) is 2. The van der Waals surface area contributed by atoms with Crippen LogP contribution in [0.4, 0.5) is 5.69 Å². The summed E-state index contributed by atoms with van der Waals surface area (Å²) in [6.07, 6.45) is 1.15. The maximum Gasteiger partial charge on any atom is 0.343 e. The molecule has 0 fully saturated rings. The molecule has 1 N–H and O–H groups in total. The van der Waals surface area contributed by atoms with E-state index in [2.05, 4.69) is 27.2 Å². The van der Waals surface area contributed by atoms with E-state index in [-0.39, 0.29) is 29.2 Å². The molecule has 0 bridgehead atoms. The number of nitrogens with zero attached hydrogens (tertiary/aromatic N) is 3.